The first-order valence-corrected chi connectivity index (χ1v) is 10.4. The smallest absolute Gasteiger partial charge is 0 e. The topological polar surface area (TPSA) is 0 Å². The van der Waals surface area contributed by atoms with Crippen LogP contribution in [0.3, 0.4) is 0 Å². The summed E-state index contributed by atoms with van der Waals surface area (Å²) in [5.74, 6) is 0. The van der Waals surface area contributed by atoms with Gasteiger partial charge >= 0.3 is 0 Å². The first-order chi connectivity index (χ1) is 14.9. The van der Waals surface area contributed by atoms with Gasteiger partial charge in [0.1, 0.15) is 0 Å². The van der Waals surface area contributed by atoms with E-state index >= 15 is 0 Å². The zero-order chi connectivity index (χ0) is 19.9. The fourth-order valence-corrected chi connectivity index (χ4v) is 4.76. The Labute approximate surface area is 198 Å². The minimum Gasteiger partial charge on any atom is -0.0616 e. The molecule has 0 atom stereocenters. The zero-order valence-electron chi connectivity index (χ0n) is 17.0. The molecule has 0 nitrogen and oxygen atoms in total. The van der Waals surface area contributed by atoms with Crippen LogP contribution in [0.25, 0.3) is 53.9 Å². The SMILES string of the molecule is [Sb].c1ccc2c(c1)c1ccccc1c1ccccc1c1ccccc1c1ccccc21. The number of hydrogen-bond donors (Lipinski definition) is 0. The standard InChI is InChI=1S/C30H20.Sb/c1-2-12-22-21(11-1)23-13-3-4-15-25(23)27-17-7-8-19-29(27)30-20-10-9-18-28(30)26-16-6-5-14-24(22)26;/h1-20H;. The van der Waals surface area contributed by atoms with Crippen molar-refractivity contribution in [2.45, 2.75) is 0 Å². The van der Waals surface area contributed by atoms with Gasteiger partial charge in [-0.15, -0.1) is 0 Å². The molecule has 0 spiro atoms. The Morgan fingerprint density at radius 3 is 0.387 bits per heavy atom. The van der Waals surface area contributed by atoms with Gasteiger partial charge in [-0.2, -0.15) is 0 Å². The number of fused-ring (bicyclic) bond motifs is 10. The van der Waals surface area contributed by atoms with E-state index in [1.807, 2.05) is 0 Å². The molecule has 0 aliphatic rings. The first kappa shape index (κ1) is 19.9. The second-order valence-electron chi connectivity index (χ2n) is 7.73. The van der Waals surface area contributed by atoms with Crippen LogP contribution >= 0.6 is 0 Å². The van der Waals surface area contributed by atoms with Crippen LogP contribution in [0.2, 0.25) is 0 Å². The van der Waals surface area contributed by atoms with E-state index < -0.39 is 0 Å². The van der Waals surface area contributed by atoms with Crippen molar-refractivity contribution in [1.29, 1.82) is 0 Å². The van der Waals surface area contributed by atoms with Gasteiger partial charge in [0.2, 0.25) is 0 Å². The molecule has 0 bridgehead atoms. The third-order valence-electron chi connectivity index (χ3n) is 6.09. The molecule has 0 aliphatic carbocycles. The Kier molecular flexibility index (Phi) is 5.26. The van der Waals surface area contributed by atoms with Crippen LogP contribution in [-0.2, 0) is 0 Å². The van der Waals surface area contributed by atoms with Gasteiger partial charge in [0.25, 0.3) is 0 Å². The minimum atomic E-state index is 0. The molecule has 0 N–H and O–H groups in total. The van der Waals surface area contributed by atoms with Gasteiger partial charge in [-0.25, -0.2) is 0 Å². The summed E-state index contributed by atoms with van der Waals surface area (Å²) >= 11 is 0. The van der Waals surface area contributed by atoms with Gasteiger partial charge < -0.3 is 0 Å². The molecule has 6 rings (SSSR count). The molecule has 6 aromatic rings. The summed E-state index contributed by atoms with van der Waals surface area (Å²) in [6.07, 6.45) is 0. The van der Waals surface area contributed by atoms with E-state index in [0.717, 1.165) is 0 Å². The van der Waals surface area contributed by atoms with Crippen molar-refractivity contribution in [2.24, 2.45) is 0 Å². The average Bonchev–Trinajstić information content (AvgIpc) is 2.84. The van der Waals surface area contributed by atoms with Gasteiger partial charge in [-0.1, -0.05) is 121 Å². The summed E-state index contributed by atoms with van der Waals surface area (Å²) in [7, 11) is 0. The summed E-state index contributed by atoms with van der Waals surface area (Å²) in [5, 5.41) is 12.7. The fraction of sp³-hybridized carbons (Fsp3) is 0. The quantitative estimate of drug-likeness (QED) is 0.184. The first-order valence-electron chi connectivity index (χ1n) is 10.4. The molecule has 0 unspecified atom stereocenters. The molecule has 31 heavy (non-hydrogen) atoms. The predicted octanol–water partition coefficient (Wildman–Crippen LogP) is 8.20. The largest absolute Gasteiger partial charge is 0.0616 e. The number of rotatable bonds is 0. The van der Waals surface area contributed by atoms with Gasteiger partial charge in [-0.3, -0.25) is 0 Å². The molecule has 3 radical (unpaired) electrons. The van der Waals surface area contributed by atoms with E-state index in [9.17, 15) is 0 Å². The fourth-order valence-electron chi connectivity index (χ4n) is 4.76. The Morgan fingerprint density at radius 1 is 0.194 bits per heavy atom. The van der Waals surface area contributed by atoms with Crippen LogP contribution in [0.15, 0.2) is 121 Å². The van der Waals surface area contributed by atoms with E-state index in [0.29, 0.717) is 0 Å². The molecule has 0 fully saturated rings. The molecule has 0 aromatic heterocycles. The molecule has 0 aliphatic heterocycles. The van der Waals surface area contributed by atoms with Crippen molar-refractivity contribution in [3.8, 4) is 0 Å². The van der Waals surface area contributed by atoms with Crippen LogP contribution in [0.5, 0.6) is 0 Å². The second-order valence-corrected chi connectivity index (χ2v) is 7.73. The molecule has 145 valence electrons. The summed E-state index contributed by atoms with van der Waals surface area (Å²) in [6.45, 7) is 0. The Hall–Kier alpha value is -3.08. The van der Waals surface area contributed by atoms with Crippen molar-refractivity contribution in [2.75, 3.05) is 0 Å². The summed E-state index contributed by atoms with van der Waals surface area (Å²) in [4.78, 5) is 0. The van der Waals surface area contributed by atoms with E-state index in [-0.39, 0.29) is 24.4 Å². The van der Waals surface area contributed by atoms with Crippen LogP contribution in [0, 0.1) is 0 Å². The van der Waals surface area contributed by atoms with E-state index in [2.05, 4.69) is 121 Å². The maximum absolute atomic E-state index is 2.25. The third kappa shape index (κ3) is 3.23. The Balaban J connectivity index is 0.00000204. The minimum absolute atomic E-state index is 0. The monoisotopic (exact) mass is 501 g/mol. The van der Waals surface area contributed by atoms with Crippen LogP contribution in [-0.4, -0.2) is 24.4 Å². The molecule has 0 amide bonds. The second kappa shape index (κ2) is 8.21. The normalized spacial score (nSPS) is 11.0. The predicted molar refractivity (Wildman–Crippen MR) is 137 cm³/mol. The van der Waals surface area contributed by atoms with Crippen LogP contribution in [0.4, 0.5) is 0 Å². The molecular formula is C30H20Sb. The van der Waals surface area contributed by atoms with E-state index in [4.69, 9.17) is 0 Å². The summed E-state index contributed by atoms with van der Waals surface area (Å²) in [6, 6.07) is 43.9. The maximum atomic E-state index is 2.25. The van der Waals surface area contributed by atoms with Crippen molar-refractivity contribution in [1.82, 2.24) is 0 Å². The zero-order valence-corrected chi connectivity index (χ0v) is 19.5. The van der Waals surface area contributed by atoms with Gasteiger partial charge in [-0.05, 0) is 53.9 Å². The average molecular weight is 502 g/mol. The molecule has 1 heteroatoms. The molecule has 0 saturated heterocycles. The van der Waals surface area contributed by atoms with Gasteiger partial charge in [0.15, 0.2) is 0 Å². The van der Waals surface area contributed by atoms with Crippen molar-refractivity contribution in [3.63, 3.8) is 0 Å². The third-order valence-corrected chi connectivity index (χ3v) is 6.09. The van der Waals surface area contributed by atoms with Gasteiger partial charge in [0, 0.05) is 24.4 Å². The Bertz CT molecular complexity index is 1180. The van der Waals surface area contributed by atoms with Crippen molar-refractivity contribution >= 4 is 78.3 Å². The van der Waals surface area contributed by atoms with Crippen LogP contribution in [0.1, 0.15) is 0 Å². The van der Waals surface area contributed by atoms with Crippen molar-refractivity contribution in [3.05, 3.63) is 121 Å². The van der Waals surface area contributed by atoms with Crippen LogP contribution < -0.4 is 0 Å². The molecule has 0 saturated carbocycles. The van der Waals surface area contributed by atoms with Gasteiger partial charge in [0.05, 0.1) is 0 Å². The number of hydrogen-bond acceptors (Lipinski definition) is 0. The summed E-state index contributed by atoms with van der Waals surface area (Å²) < 4.78 is 0. The van der Waals surface area contributed by atoms with Crippen molar-refractivity contribution < 1.29 is 0 Å². The Morgan fingerprint density at radius 2 is 0.290 bits per heavy atom. The maximum Gasteiger partial charge on any atom is 0 e. The molecule has 0 heterocycles. The summed E-state index contributed by atoms with van der Waals surface area (Å²) in [5.41, 5.74) is 0. The molecule has 6 aromatic carbocycles. The number of benzene rings is 5. The molecular weight excluding hydrogens is 482 g/mol. The van der Waals surface area contributed by atoms with E-state index in [1.54, 1.807) is 0 Å². The van der Waals surface area contributed by atoms with E-state index in [1.165, 1.54) is 53.9 Å².